The van der Waals surface area contributed by atoms with E-state index >= 15 is 0 Å². The van der Waals surface area contributed by atoms with Crippen LogP contribution in [0.5, 0.6) is 0 Å². The van der Waals surface area contributed by atoms with E-state index in [-0.39, 0.29) is 17.4 Å². The quantitative estimate of drug-likeness (QED) is 0.742. The molecule has 0 aliphatic rings. The maximum Gasteiger partial charge on any atom is 0.238 e. The van der Waals surface area contributed by atoms with E-state index in [2.05, 4.69) is 10.1 Å². The van der Waals surface area contributed by atoms with Gasteiger partial charge in [-0.05, 0) is 17.7 Å². The summed E-state index contributed by atoms with van der Waals surface area (Å²) in [6.07, 6.45) is 0.317. The molecule has 0 spiro atoms. The molecule has 0 unspecified atom stereocenters. The van der Waals surface area contributed by atoms with Crippen LogP contribution in [0, 0.1) is 5.82 Å². The highest BCUT2D eigenvalue weighted by molar-refractivity contribution is 5.89. The smallest absolute Gasteiger partial charge is 0.238 e. The molecule has 0 aliphatic carbocycles. The number of halogens is 1. The standard InChI is InChI=1S/C11H9FN2O2/c1-7(15)11-13-10(16-14-11)6-8-3-2-4-9(12)5-8/h2-5H,6H2,1H3. The van der Waals surface area contributed by atoms with Gasteiger partial charge in [-0.25, -0.2) is 4.39 Å². The predicted molar refractivity (Wildman–Crippen MR) is 53.5 cm³/mol. The highest BCUT2D eigenvalue weighted by Crippen LogP contribution is 2.09. The molecule has 0 amide bonds. The summed E-state index contributed by atoms with van der Waals surface area (Å²) in [5.41, 5.74) is 0.721. The largest absolute Gasteiger partial charge is 0.339 e. The van der Waals surface area contributed by atoms with Crippen LogP contribution in [0.15, 0.2) is 28.8 Å². The number of carbonyl (C=O) groups excluding carboxylic acids is 1. The van der Waals surface area contributed by atoms with Gasteiger partial charge in [0.05, 0.1) is 6.42 Å². The second-order valence-electron chi connectivity index (χ2n) is 3.37. The van der Waals surface area contributed by atoms with Gasteiger partial charge in [-0.1, -0.05) is 17.3 Å². The first-order valence-corrected chi connectivity index (χ1v) is 4.73. The van der Waals surface area contributed by atoms with Crippen LogP contribution >= 0.6 is 0 Å². The van der Waals surface area contributed by atoms with Crippen LogP contribution in [0.2, 0.25) is 0 Å². The summed E-state index contributed by atoms with van der Waals surface area (Å²) in [5.74, 6) is -0.222. The first-order valence-electron chi connectivity index (χ1n) is 4.73. The number of hydrogen-bond acceptors (Lipinski definition) is 4. The number of rotatable bonds is 3. The maximum absolute atomic E-state index is 12.9. The van der Waals surface area contributed by atoms with Crippen LogP contribution < -0.4 is 0 Å². The molecule has 2 rings (SSSR count). The van der Waals surface area contributed by atoms with E-state index in [4.69, 9.17) is 4.52 Å². The van der Waals surface area contributed by atoms with E-state index in [1.807, 2.05) is 0 Å². The Labute approximate surface area is 91.1 Å². The van der Waals surface area contributed by atoms with Crippen molar-refractivity contribution in [1.82, 2.24) is 10.1 Å². The number of nitrogens with zero attached hydrogens (tertiary/aromatic N) is 2. The van der Waals surface area contributed by atoms with Crippen LogP contribution in [0.25, 0.3) is 0 Å². The van der Waals surface area contributed by atoms with Crippen molar-refractivity contribution >= 4 is 5.78 Å². The Hall–Kier alpha value is -2.04. The summed E-state index contributed by atoms with van der Waals surface area (Å²) < 4.78 is 17.7. The van der Waals surface area contributed by atoms with Gasteiger partial charge >= 0.3 is 0 Å². The third-order valence-electron chi connectivity index (χ3n) is 2.03. The highest BCUT2D eigenvalue weighted by Gasteiger charge is 2.10. The van der Waals surface area contributed by atoms with E-state index < -0.39 is 0 Å². The van der Waals surface area contributed by atoms with E-state index in [0.29, 0.717) is 12.3 Å². The topological polar surface area (TPSA) is 56.0 Å². The van der Waals surface area contributed by atoms with E-state index in [1.54, 1.807) is 12.1 Å². The summed E-state index contributed by atoms with van der Waals surface area (Å²) in [6.45, 7) is 1.36. The average Bonchev–Trinajstić information content (AvgIpc) is 2.66. The number of hydrogen-bond donors (Lipinski definition) is 0. The molecular weight excluding hydrogens is 211 g/mol. The van der Waals surface area contributed by atoms with Crippen molar-refractivity contribution in [2.75, 3.05) is 0 Å². The van der Waals surface area contributed by atoms with Crippen LogP contribution in [-0.2, 0) is 6.42 Å². The van der Waals surface area contributed by atoms with Crippen molar-refractivity contribution < 1.29 is 13.7 Å². The molecule has 1 heterocycles. The van der Waals surface area contributed by atoms with Gasteiger partial charge < -0.3 is 4.52 Å². The first kappa shape index (κ1) is 10.5. The Morgan fingerprint density at radius 3 is 2.94 bits per heavy atom. The molecule has 5 heteroatoms. The molecule has 0 saturated carbocycles. The molecule has 1 aromatic carbocycles. The zero-order valence-corrected chi connectivity index (χ0v) is 8.61. The van der Waals surface area contributed by atoms with Crippen LogP contribution in [0.4, 0.5) is 4.39 Å². The molecule has 4 nitrogen and oxygen atoms in total. The Bertz CT molecular complexity index is 522. The maximum atomic E-state index is 12.9. The average molecular weight is 220 g/mol. The molecule has 0 fully saturated rings. The normalized spacial score (nSPS) is 10.4. The number of ketones is 1. The van der Waals surface area contributed by atoms with Crippen LogP contribution in [0.3, 0.4) is 0 Å². The van der Waals surface area contributed by atoms with Crippen molar-refractivity contribution in [3.05, 3.63) is 47.4 Å². The van der Waals surface area contributed by atoms with Gasteiger partial charge in [0.2, 0.25) is 17.5 Å². The molecule has 82 valence electrons. The monoisotopic (exact) mass is 220 g/mol. The third kappa shape index (κ3) is 2.31. The molecule has 16 heavy (non-hydrogen) atoms. The van der Waals surface area contributed by atoms with E-state index in [9.17, 15) is 9.18 Å². The zero-order valence-electron chi connectivity index (χ0n) is 8.61. The summed E-state index contributed by atoms with van der Waals surface area (Å²) in [7, 11) is 0. The van der Waals surface area contributed by atoms with Gasteiger partial charge in [0.15, 0.2) is 0 Å². The van der Waals surface area contributed by atoms with Crippen molar-refractivity contribution in [2.45, 2.75) is 13.3 Å². The Morgan fingerprint density at radius 2 is 2.31 bits per heavy atom. The lowest BCUT2D eigenvalue weighted by Crippen LogP contribution is -1.95. The fourth-order valence-electron chi connectivity index (χ4n) is 1.29. The molecular formula is C11H9FN2O2. The van der Waals surface area contributed by atoms with Gasteiger partial charge in [0, 0.05) is 6.92 Å². The lowest BCUT2D eigenvalue weighted by Gasteiger charge is -1.95. The second-order valence-corrected chi connectivity index (χ2v) is 3.37. The van der Waals surface area contributed by atoms with Gasteiger partial charge in [-0.2, -0.15) is 4.98 Å². The van der Waals surface area contributed by atoms with Gasteiger partial charge in [-0.3, -0.25) is 4.79 Å². The van der Waals surface area contributed by atoms with E-state index in [0.717, 1.165) is 5.56 Å². The second kappa shape index (κ2) is 4.22. The fourth-order valence-corrected chi connectivity index (χ4v) is 1.29. The Morgan fingerprint density at radius 1 is 1.50 bits per heavy atom. The molecule has 0 radical (unpaired) electrons. The minimum atomic E-state index is -0.316. The van der Waals surface area contributed by atoms with Crippen LogP contribution in [-0.4, -0.2) is 15.9 Å². The summed E-state index contributed by atoms with van der Waals surface area (Å²) in [4.78, 5) is 14.8. The zero-order chi connectivity index (χ0) is 11.5. The first-order chi connectivity index (χ1) is 7.65. The van der Waals surface area contributed by atoms with Crippen molar-refractivity contribution in [3.8, 4) is 0 Å². The molecule has 1 aromatic heterocycles. The Balaban J connectivity index is 2.17. The predicted octanol–water partition coefficient (Wildman–Crippen LogP) is 2.00. The van der Waals surface area contributed by atoms with Gasteiger partial charge in [0.25, 0.3) is 0 Å². The minimum absolute atomic E-state index is 0.0476. The number of carbonyl (C=O) groups is 1. The minimum Gasteiger partial charge on any atom is -0.339 e. The summed E-state index contributed by atoms with van der Waals surface area (Å²) in [5, 5.41) is 3.50. The van der Waals surface area contributed by atoms with Crippen molar-refractivity contribution in [2.24, 2.45) is 0 Å². The SMILES string of the molecule is CC(=O)c1noc(Cc2cccc(F)c2)n1. The lowest BCUT2D eigenvalue weighted by molar-refractivity contribution is 0.100. The highest BCUT2D eigenvalue weighted by atomic mass is 19.1. The molecule has 0 aliphatic heterocycles. The summed E-state index contributed by atoms with van der Waals surface area (Å²) in [6, 6.07) is 6.10. The molecule has 0 atom stereocenters. The number of Topliss-reactive ketones (excluding diaryl/α,β-unsaturated/α-hetero) is 1. The van der Waals surface area contributed by atoms with Crippen molar-refractivity contribution in [1.29, 1.82) is 0 Å². The van der Waals surface area contributed by atoms with Crippen LogP contribution in [0.1, 0.15) is 29.0 Å². The molecule has 0 bridgehead atoms. The van der Waals surface area contributed by atoms with Gasteiger partial charge in [-0.15, -0.1) is 0 Å². The fraction of sp³-hybridized carbons (Fsp3) is 0.182. The summed E-state index contributed by atoms with van der Waals surface area (Å²) >= 11 is 0. The number of benzene rings is 1. The number of aromatic nitrogens is 2. The van der Waals surface area contributed by atoms with Crippen molar-refractivity contribution in [3.63, 3.8) is 0 Å². The lowest BCUT2D eigenvalue weighted by atomic mass is 10.1. The Kier molecular flexibility index (Phi) is 2.76. The van der Waals surface area contributed by atoms with E-state index in [1.165, 1.54) is 19.1 Å². The molecule has 2 aromatic rings. The third-order valence-corrected chi connectivity index (χ3v) is 2.03. The molecule has 0 N–H and O–H groups in total. The van der Waals surface area contributed by atoms with Gasteiger partial charge in [0.1, 0.15) is 5.82 Å². The molecule has 0 saturated heterocycles.